The van der Waals surface area contributed by atoms with E-state index in [2.05, 4.69) is 0 Å². The molecule has 0 spiro atoms. The van der Waals surface area contributed by atoms with Gasteiger partial charge in [0.2, 0.25) is 0 Å². The topological polar surface area (TPSA) is 40.5 Å². The van der Waals surface area contributed by atoms with Crippen molar-refractivity contribution in [2.75, 3.05) is 19.6 Å². The minimum Gasteiger partial charge on any atom is -0.481 e. The lowest BCUT2D eigenvalue weighted by Gasteiger charge is -2.33. The van der Waals surface area contributed by atoms with E-state index in [4.69, 9.17) is 5.11 Å². The van der Waals surface area contributed by atoms with Gasteiger partial charge in [-0.05, 0) is 32.4 Å². The Kier molecular flexibility index (Phi) is 6.85. The summed E-state index contributed by atoms with van der Waals surface area (Å²) in [5.41, 5.74) is 0. The highest BCUT2D eigenvalue weighted by Gasteiger charge is 2.41. The van der Waals surface area contributed by atoms with Crippen LogP contribution in [-0.2, 0) is 4.79 Å². The molecule has 0 radical (unpaired) electrons. The van der Waals surface area contributed by atoms with E-state index in [9.17, 15) is 18.0 Å². The number of alkyl halides is 3. The Morgan fingerprint density at radius 3 is 2.59 bits per heavy atom. The van der Waals surface area contributed by atoms with Crippen molar-refractivity contribution in [1.29, 1.82) is 0 Å². The van der Waals surface area contributed by atoms with Crippen LogP contribution in [0.2, 0.25) is 0 Å². The van der Waals surface area contributed by atoms with Crippen LogP contribution in [0.5, 0.6) is 0 Å². The molecule has 1 aliphatic rings. The first-order valence-corrected chi connectivity index (χ1v) is 5.40. The number of hydrogen-bond donors (Lipinski definition) is 1. The molecule has 1 atom stereocenters. The molecule has 1 unspecified atom stereocenters. The van der Waals surface area contributed by atoms with Gasteiger partial charge in [-0.2, -0.15) is 13.2 Å². The van der Waals surface area contributed by atoms with Gasteiger partial charge in [-0.25, -0.2) is 0 Å². The van der Waals surface area contributed by atoms with Crippen LogP contribution in [0.15, 0.2) is 0 Å². The molecule has 102 valence electrons. The molecule has 0 amide bonds. The maximum Gasteiger partial charge on any atom is 0.393 e. The number of nitrogens with zero attached hydrogens (tertiary/aromatic N) is 1. The first kappa shape index (κ1) is 16.5. The number of halogens is 4. The van der Waals surface area contributed by atoms with Crippen molar-refractivity contribution in [2.24, 2.45) is 5.92 Å². The van der Waals surface area contributed by atoms with E-state index in [0.29, 0.717) is 25.9 Å². The molecule has 0 aliphatic carbocycles. The van der Waals surface area contributed by atoms with Gasteiger partial charge in [0, 0.05) is 13.0 Å². The van der Waals surface area contributed by atoms with E-state index >= 15 is 0 Å². The van der Waals surface area contributed by atoms with Gasteiger partial charge >= 0.3 is 12.1 Å². The van der Waals surface area contributed by atoms with Crippen molar-refractivity contribution in [3.05, 3.63) is 0 Å². The maximum absolute atomic E-state index is 12.4. The maximum atomic E-state index is 12.4. The fraction of sp³-hybridized carbons (Fsp3) is 0.900. The van der Waals surface area contributed by atoms with Crippen LogP contribution < -0.4 is 0 Å². The van der Waals surface area contributed by atoms with Crippen molar-refractivity contribution in [1.82, 2.24) is 4.90 Å². The molecule has 1 fully saturated rings. The number of rotatable bonds is 4. The van der Waals surface area contributed by atoms with Crippen molar-refractivity contribution in [2.45, 2.75) is 31.9 Å². The number of piperidine rings is 1. The average molecular weight is 276 g/mol. The summed E-state index contributed by atoms with van der Waals surface area (Å²) in [6.45, 7) is 1.11. The lowest BCUT2D eigenvalue weighted by Crippen LogP contribution is -2.42. The van der Waals surface area contributed by atoms with E-state index in [1.807, 2.05) is 0 Å². The Balaban J connectivity index is 0.00000256. The molecule has 3 nitrogen and oxygen atoms in total. The molecule has 0 aromatic heterocycles. The highest BCUT2D eigenvalue weighted by Crippen LogP contribution is 2.33. The SMILES string of the molecule is Cl.O=C(O)CCCN1CCCC(C(F)(F)F)C1. The zero-order valence-electron chi connectivity index (χ0n) is 9.37. The van der Waals surface area contributed by atoms with Crippen molar-refractivity contribution in [3.63, 3.8) is 0 Å². The Labute approximate surface area is 104 Å². The lowest BCUT2D eigenvalue weighted by atomic mass is 9.97. The predicted octanol–water partition coefficient (Wildman–Crippen LogP) is 2.55. The van der Waals surface area contributed by atoms with Crippen LogP contribution in [0.1, 0.15) is 25.7 Å². The first-order chi connectivity index (χ1) is 7.39. The van der Waals surface area contributed by atoms with Gasteiger partial charge in [-0.3, -0.25) is 4.79 Å². The molecular weight excluding hydrogens is 259 g/mol. The largest absolute Gasteiger partial charge is 0.481 e. The predicted molar refractivity (Wildman–Crippen MR) is 59.3 cm³/mol. The van der Waals surface area contributed by atoms with Gasteiger partial charge in [0.05, 0.1) is 5.92 Å². The number of aliphatic carboxylic acids is 1. The highest BCUT2D eigenvalue weighted by atomic mass is 35.5. The van der Waals surface area contributed by atoms with Gasteiger partial charge in [0.1, 0.15) is 0 Å². The third-order valence-corrected chi connectivity index (χ3v) is 2.83. The summed E-state index contributed by atoms with van der Waals surface area (Å²) in [5.74, 6) is -2.14. The fourth-order valence-electron chi connectivity index (χ4n) is 1.98. The molecule has 1 aliphatic heterocycles. The smallest absolute Gasteiger partial charge is 0.393 e. The second-order valence-corrected chi connectivity index (χ2v) is 4.18. The summed E-state index contributed by atoms with van der Waals surface area (Å²) < 4.78 is 37.3. The molecular formula is C10H17ClF3NO2. The lowest BCUT2D eigenvalue weighted by molar-refractivity contribution is -0.186. The van der Waals surface area contributed by atoms with E-state index in [1.165, 1.54) is 0 Å². The summed E-state index contributed by atoms with van der Waals surface area (Å²) in [4.78, 5) is 12.0. The number of carboxylic acid groups (broad SMARTS) is 1. The molecule has 0 saturated carbocycles. The van der Waals surface area contributed by atoms with E-state index in [0.717, 1.165) is 0 Å². The highest BCUT2D eigenvalue weighted by molar-refractivity contribution is 5.85. The summed E-state index contributed by atoms with van der Waals surface area (Å²) in [6, 6.07) is 0. The van der Waals surface area contributed by atoms with Crippen LogP contribution >= 0.6 is 12.4 Å². The van der Waals surface area contributed by atoms with Crippen LogP contribution in [0.25, 0.3) is 0 Å². The Hall–Kier alpha value is -0.490. The van der Waals surface area contributed by atoms with Gasteiger partial charge in [-0.15, -0.1) is 12.4 Å². The van der Waals surface area contributed by atoms with E-state index in [-0.39, 0.29) is 31.8 Å². The molecule has 17 heavy (non-hydrogen) atoms. The van der Waals surface area contributed by atoms with Gasteiger partial charge in [0.15, 0.2) is 0 Å². The van der Waals surface area contributed by atoms with Crippen molar-refractivity contribution < 1.29 is 23.1 Å². The third-order valence-electron chi connectivity index (χ3n) is 2.83. The minimum atomic E-state index is -4.12. The number of carbonyl (C=O) groups is 1. The fourth-order valence-corrected chi connectivity index (χ4v) is 1.98. The monoisotopic (exact) mass is 275 g/mol. The third kappa shape index (κ3) is 6.12. The van der Waals surface area contributed by atoms with Crippen LogP contribution in [0, 0.1) is 5.92 Å². The Morgan fingerprint density at radius 1 is 1.41 bits per heavy atom. The quantitative estimate of drug-likeness (QED) is 0.857. The Bertz CT molecular complexity index is 248. The van der Waals surface area contributed by atoms with Crippen LogP contribution in [0.3, 0.4) is 0 Å². The van der Waals surface area contributed by atoms with Crippen molar-refractivity contribution >= 4 is 18.4 Å². The standard InChI is InChI=1S/C10H16F3NO2.ClH/c11-10(12,13)8-3-1-5-14(7-8)6-2-4-9(15)16;/h8H,1-7H2,(H,15,16);1H. The Morgan fingerprint density at radius 2 is 2.06 bits per heavy atom. The summed E-state index contributed by atoms with van der Waals surface area (Å²) >= 11 is 0. The zero-order chi connectivity index (χ0) is 12.2. The summed E-state index contributed by atoms with van der Waals surface area (Å²) in [6.07, 6.45) is -2.95. The zero-order valence-corrected chi connectivity index (χ0v) is 10.2. The van der Waals surface area contributed by atoms with Gasteiger partial charge in [0.25, 0.3) is 0 Å². The summed E-state index contributed by atoms with van der Waals surface area (Å²) in [5, 5.41) is 8.43. The molecule has 7 heteroatoms. The normalized spacial score (nSPS) is 21.9. The van der Waals surface area contributed by atoms with E-state index in [1.54, 1.807) is 4.90 Å². The van der Waals surface area contributed by atoms with Gasteiger partial charge < -0.3 is 10.0 Å². The molecule has 0 bridgehead atoms. The molecule has 1 N–H and O–H groups in total. The van der Waals surface area contributed by atoms with E-state index < -0.39 is 18.1 Å². The average Bonchev–Trinajstić information content (AvgIpc) is 2.16. The second kappa shape index (κ2) is 7.06. The summed E-state index contributed by atoms with van der Waals surface area (Å²) in [7, 11) is 0. The molecule has 1 heterocycles. The molecule has 1 rings (SSSR count). The second-order valence-electron chi connectivity index (χ2n) is 4.18. The van der Waals surface area contributed by atoms with Crippen LogP contribution in [-0.4, -0.2) is 41.8 Å². The number of likely N-dealkylation sites (tertiary alicyclic amines) is 1. The number of carboxylic acids is 1. The molecule has 1 saturated heterocycles. The first-order valence-electron chi connectivity index (χ1n) is 5.40. The van der Waals surface area contributed by atoms with Crippen LogP contribution in [0.4, 0.5) is 13.2 Å². The molecule has 0 aromatic carbocycles. The van der Waals surface area contributed by atoms with Crippen molar-refractivity contribution in [3.8, 4) is 0 Å². The minimum absolute atomic E-state index is 0. The number of hydrogen-bond acceptors (Lipinski definition) is 2. The molecule has 0 aromatic rings. The van der Waals surface area contributed by atoms with Gasteiger partial charge in [-0.1, -0.05) is 0 Å².